The minimum absolute atomic E-state index is 0.175. The lowest BCUT2D eigenvalue weighted by Gasteiger charge is -2.13. The number of thioether (sulfide) groups is 1. The summed E-state index contributed by atoms with van der Waals surface area (Å²) in [5.74, 6) is 0.932. The highest BCUT2D eigenvalue weighted by Crippen LogP contribution is 2.41. The van der Waals surface area contributed by atoms with Gasteiger partial charge in [0.25, 0.3) is 0 Å². The van der Waals surface area contributed by atoms with Crippen molar-refractivity contribution in [2.75, 3.05) is 5.75 Å². The zero-order valence-electron chi connectivity index (χ0n) is 18.0. The number of hydrogen-bond acceptors (Lipinski definition) is 5. The average molecular weight is 427 g/mol. The van der Waals surface area contributed by atoms with Crippen molar-refractivity contribution in [2.24, 2.45) is 5.92 Å². The summed E-state index contributed by atoms with van der Waals surface area (Å²) >= 11 is 1.71. The van der Waals surface area contributed by atoms with Crippen molar-refractivity contribution in [1.29, 1.82) is 0 Å². The highest BCUT2D eigenvalue weighted by atomic mass is 32.2. The predicted octanol–water partition coefficient (Wildman–Crippen LogP) is 5.83. The summed E-state index contributed by atoms with van der Waals surface area (Å²) in [5.41, 5.74) is 0. The summed E-state index contributed by atoms with van der Waals surface area (Å²) < 4.78 is 5.64. The number of allylic oxidation sites excluding steroid dienone is 3. The summed E-state index contributed by atoms with van der Waals surface area (Å²) in [4.78, 5) is 23.7. The lowest BCUT2D eigenvalue weighted by atomic mass is 10.1. The van der Waals surface area contributed by atoms with E-state index in [0.29, 0.717) is 12.8 Å². The number of esters is 1. The highest BCUT2D eigenvalue weighted by molar-refractivity contribution is 8.03. The summed E-state index contributed by atoms with van der Waals surface area (Å²) in [6, 6.07) is 0. The van der Waals surface area contributed by atoms with Gasteiger partial charge in [0.05, 0.1) is 6.10 Å². The third-order valence-corrected chi connectivity index (χ3v) is 6.28. The molecule has 0 radical (unpaired) electrons. The molecule has 166 valence electrons. The first-order valence-electron chi connectivity index (χ1n) is 11.1. The zero-order chi connectivity index (χ0) is 21.5. The Balaban J connectivity index is 2.63. The number of carboxylic acids is 1. The molecule has 2 atom stereocenters. The maximum absolute atomic E-state index is 12.0. The topological polar surface area (TPSA) is 83.8 Å². The molecule has 0 saturated carbocycles. The van der Waals surface area contributed by atoms with E-state index in [1.54, 1.807) is 11.8 Å². The Morgan fingerprint density at radius 2 is 1.93 bits per heavy atom. The van der Waals surface area contributed by atoms with Gasteiger partial charge >= 0.3 is 11.9 Å². The normalized spacial score (nSPS) is 17.8. The summed E-state index contributed by atoms with van der Waals surface area (Å²) in [7, 11) is 0. The lowest BCUT2D eigenvalue weighted by molar-refractivity contribution is -0.140. The molecular weight excluding hydrogens is 388 g/mol. The standard InChI is InChI=1S/C23H38O5S/c1-3-5-7-11-19(24)15-13-18-14-16-20(28-22(27)10-4-2)23(18)29-17-9-6-8-12-21(25)26/h13,15,18-19,24H,3-12,14,16-17H2,1-2H3,(H,25,26)/t18-,19+/m1/s1. The molecule has 2 N–H and O–H groups in total. The van der Waals surface area contributed by atoms with Crippen LogP contribution in [0.5, 0.6) is 0 Å². The molecule has 0 fully saturated rings. The van der Waals surface area contributed by atoms with Crippen molar-refractivity contribution in [3.63, 3.8) is 0 Å². The van der Waals surface area contributed by atoms with Gasteiger partial charge in [-0.25, -0.2) is 0 Å². The van der Waals surface area contributed by atoms with E-state index in [1.807, 2.05) is 13.0 Å². The van der Waals surface area contributed by atoms with Crippen LogP contribution in [-0.2, 0) is 14.3 Å². The quantitative estimate of drug-likeness (QED) is 0.184. The highest BCUT2D eigenvalue weighted by Gasteiger charge is 2.27. The third-order valence-electron chi connectivity index (χ3n) is 4.95. The molecular formula is C23H38O5S. The maximum Gasteiger partial charge on any atom is 0.310 e. The summed E-state index contributed by atoms with van der Waals surface area (Å²) in [5, 5.41) is 18.9. The molecule has 0 amide bonds. The molecule has 1 aliphatic carbocycles. The number of carbonyl (C=O) groups excluding carboxylic acids is 1. The van der Waals surface area contributed by atoms with Gasteiger partial charge in [0, 0.05) is 30.1 Å². The third kappa shape index (κ3) is 11.5. The van der Waals surface area contributed by atoms with Crippen LogP contribution in [0.15, 0.2) is 22.8 Å². The SMILES string of the molecule is CCCCC[C@H](O)C=C[C@@H]1CCC(OC(=O)CCC)=C1SCCCCCC(=O)O. The average Bonchev–Trinajstić information content (AvgIpc) is 3.04. The fraction of sp³-hybridized carbons (Fsp3) is 0.739. The van der Waals surface area contributed by atoms with Crippen LogP contribution in [0, 0.1) is 5.92 Å². The first-order chi connectivity index (χ1) is 14.0. The molecule has 0 bridgehead atoms. The van der Waals surface area contributed by atoms with Crippen LogP contribution >= 0.6 is 11.8 Å². The molecule has 6 heteroatoms. The Bertz CT molecular complexity index is 555. The summed E-state index contributed by atoms with van der Waals surface area (Å²) in [6.07, 6.45) is 13.2. The number of rotatable bonds is 16. The Labute approximate surface area is 180 Å². The second-order valence-electron chi connectivity index (χ2n) is 7.66. The van der Waals surface area contributed by atoms with Gasteiger partial charge in [0.1, 0.15) is 5.76 Å². The first kappa shape index (κ1) is 25.8. The van der Waals surface area contributed by atoms with E-state index in [0.717, 1.165) is 74.2 Å². The van der Waals surface area contributed by atoms with Crippen molar-refractivity contribution in [2.45, 2.75) is 97.0 Å². The van der Waals surface area contributed by atoms with Gasteiger partial charge in [-0.2, -0.15) is 0 Å². The van der Waals surface area contributed by atoms with Crippen molar-refractivity contribution in [3.05, 3.63) is 22.8 Å². The molecule has 0 aromatic rings. The minimum atomic E-state index is -0.746. The number of unbranched alkanes of at least 4 members (excludes halogenated alkanes) is 4. The van der Waals surface area contributed by atoms with E-state index in [2.05, 4.69) is 13.0 Å². The van der Waals surface area contributed by atoms with E-state index in [9.17, 15) is 14.7 Å². The molecule has 29 heavy (non-hydrogen) atoms. The number of aliphatic hydroxyl groups excluding tert-OH is 1. The number of hydrogen-bond donors (Lipinski definition) is 2. The van der Waals surface area contributed by atoms with Crippen LogP contribution < -0.4 is 0 Å². The first-order valence-corrected chi connectivity index (χ1v) is 12.1. The molecule has 0 spiro atoms. The van der Waals surface area contributed by atoms with Crippen molar-refractivity contribution >= 4 is 23.7 Å². The largest absolute Gasteiger partial charge is 0.481 e. The Kier molecular flexibility index (Phi) is 13.8. The van der Waals surface area contributed by atoms with Gasteiger partial charge in [0.2, 0.25) is 0 Å². The molecule has 1 aliphatic rings. The number of carbonyl (C=O) groups is 2. The van der Waals surface area contributed by atoms with Crippen LogP contribution in [0.25, 0.3) is 0 Å². The Morgan fingerprint density at radius 1 is 1.14 bits per heavy atom. The molecule has 0 aliphatic heterocycles. The van der Waals surface area contributed by atoms with Gasteiger partial charge in [-0.15, -0.1) is 11.8 Å². The Morgan fingerprint density at radius 3 is 2.62 bits per heavy atom. The molecule has 0 aromatic heterocycles. The molecule has 5 nitrogen and oxygen atoms in total. The van der Waals surface area contributed by atoms with Gasteiger partial charge < -0.3 is 14.9 Å². The maximum atomic E-state index is 12.0. The van der Waals surface area contributed by atoms with Crippen molar-refractivity contribution < 1.29 is 24.5 Å². The Hall–Kier alpha value is -1.27. The van der Waals surface area contributed by atoms with E-state index in [1.165, 1.54) is 0 Å². The van der Waals surface area contributed by atoms with E-state index in [-0.39, 0.29) is 18.3 Å². The fourth-order valence-corrected chi connectivity index (χ4v) is 4.60. The monoisotopic (exact) mass is 426 g/mol. The van der Waals surface area contributed by atoms with Crippen molar-refractivity contribution in [3.8, 4) is 0 Å². The number of ether oxygens (including phenoxy) is 1. The van der Waals surface area contributed by atoms with Gasteiger partial charge in [-0.05, 0) is 37.9 Å². The van der Waals surface area contributed by atoms with Crippen LogP contribution in [0.4, 0.5) is 0 Å². The number of carboxylic acid groups (broad SMARTS) is 1. The van der Waals surface area contributed by atoms with Gasteiger partial charge in [0.15, 0.2) is 0 Å². The van der Waals surface area contributed by atoms with Crippen LogP contribution in [-0.4, -0.2) is 34.0 Å². The second-order valence-corrected chi connectivity index (χ2v) is 8.79. The lowest BCUT2D eigenvalue weighted by Crippen LogP contribution is -2.05. The molecule has 1 rings (SSSR count). The minimum Gasteiger partial charge on any atom is -0.481 e. The fourth-order valence-electron chi connectivity index (χ4n) is 3.31. The molecule has 0 saturated heterocycles. The molecule has 0 aromatic carbocycles. The van der Waals surface area contributed by atoms with E-state index >= 15 is 0 Å². The van der Waals surface area contributed by atoms with E-state index < -0.39 is 12.1 Å². The smallest absolute Gasteiger partial charge is 0.310 e. The molecule has 0 unspecified atom stereocenters. The summed E-state index contributed by atoms with van der Waals surface area (Å²) in [6.45, 7) is 4.11. The van der Waals surface area contributed by atoms with Crippen LogP contribution in [0.2, 0.25) is 0 Å². The number of aliphatic carboxylic acids is 1. The predicted molar refractivity (Wildman–Crippen MR) is 119 cm³/mol. The van der Waals surface area contributed by atoms with E-state index in [4.69, 9.17) is 9.84 Å². The van der Waals surface area contributed by atoms with Crippen LogP contribution in [0.1, 0.15) is 90.9 Å². The van der Waals surface area contributed by atoms with Gasteiger partial charge in [-0.3, -0.25) is 9.59 Å². The second kappa shape index (κ2) is 15.6. The number of aliphatic hydroxyl groups is 1. The van der Waals surface area contributed by atoms with Crippen LogP contribution in [0.3, 0.4) is 0 Å². The van der Waals surface area contributed by atoms with Gasteiger partial charge in [-0.1, -0.05) is 51.7 Å². The van der Waals surface area contributed by atoms with Crippen molar-refractivity contribution in [1.82, 2.24) is 0 Å². The zero-order valence-corrected chi connectivity index (χ0v) is 18.8. The molecule has 0 heterocycles.